The first-order valence-electron chi connectivity index (χ1n) is 13.2. The van der Waals surface area contributed by atoms with Gasteiger partial charge in [-0.15, -0.1) is 21.5 Å². The van der Waals surface area contributed by atoms with Gasteiger partial charge in [0.1, 0.15) is 28.9 Å². The molecule has 0 atom stereocenters. The number of carbonyl (C=O) groups is 3. The van der Waals surface area contributed by atoms with Gasteiger partial charge in [-0.3, -0.25) is 19.0 Å². The van der Waals surface area contributed by atoms with Gasteiger partial charge < -0.3 is 14.6 Å². The van der Waals surface area contributed by atoms with Crippen LogP contribution < -0.4 is 5.32 Å². The number of esters is 1. The van der Waals surface area contributed by atoms with E-state index in [1.54, 1.807) is 41.2 Å². The van der Waals surface area contributed by atoms with Gasteiger partial charge in [0.05, 0.1) is 24.3 Å². The number of carbonyl (C=O) groups excluding carboxylic acids is 3. The van der Waals surface area contributed by atoms with Crippen molar-refractivity contribution in [3.63, 3.8) is 0 Å². The molecule has 0 spiro atoms. The fourth-order valence-corrected chi connectivity index (χ4v) is 5.82. The predicted octanol–water partition coefficient (Wildman–Crippen LogP) is 5.02. The number of amides is 1. The molecule has 0 saturated carbocycles. The quantitative estimate of drug-likeness (QED) is 0.186. The molecule has 0 radical (unpaired) electrons. The van der Waals surface area contributed by atoms with Gasteiger partial charge in [0.2, 0.25) is 0 Å². The van der Waals surface area contributed by atoms with E-state index in [1.165, 1.54) is 29.5 Å². The molecule has 11 heteroatoms. The van der Waals surface area contributed by atoms with Crippen molar-refractivity contribution < 1.29 is 23.5 Å². The molecule has 0 unspecified atom stereocenters. The van der Waals surface area contributed by atoms with E-state index in [0.29, 0.717) is 34.3 Å². The number of ether oxygens (including phenoxy) is 1. The Labute approximate surface area is 239 Å². The molecule has 0 bridgehead atoms. The second kappa shape index (κ2) is 11.8. The Kier molecular flexibility index (Phi) is 8.06. The van der Waals surface area contributed by atoms with Gasteiger partial charge >= 0.3 is 5.97 Å². The van der Waals surface area contributed by atoms with Gasteiger partial charge in [-0.1, -0.05) is 37.3 Å². The Bertz CT molecular complexity index is 1770. The largest absolute Gasteiger partial charge is 0.465 e. The highest BCUT2D eigenvalue weighted by molar-refractivity contribution is 7.15. The lowest BCUT2D eigenvalue weighted by molar-refractivity contribution is -0.143. The lowest BCUT2D eigenvalue weighted by Crippen LogP contribution is -2.28. The topological polar surface area (TPSA) is 108 Å². The molecule has 0 aliphatic heterocycles. The zero-order valence-electron chi connectivity index (χ0n) is 22.8. The third-order valence-corrected chi connectivity index (χ3v) is 7.88. The third-order valence-electron chi connectivity index (χ3n) is 6.61. The minimum atomic E-state index is -0.598. The van der Waals surface area contributed by atoms with Crippen molar-refractivity contribution in [3.8, 4) is 5.00 Å². The molecule has 1 N–H and O–H groups in total. The van der Waals surface area contributed by atoms with Crippen molar-refractivity contribution in [1.82, 2.24) is 24.6 Å². The molecule has 0 fully saturated rings. The number of nitrogens with one attached hydrogen (secondary N) is 1. The molecule has 0 aliphatic rings. The number of para-hydroxylation sites is 1. The molecule has 41 heavy (non-hydrogen) atoms. The van der Waals surface area contributed by atoms with Crippen LogP contribution >= 0.6 is 11.3 Å². The van der Waals surface area contributed by atoms with Crippen LogP contribution in [-0.4, -0.2) is 43.6 Å². The number of thiophene rings is 1. The number of hydrogen-bond donors (Lipinski definition) is 1. The van der Waals surface area contributed by atoms with Crippen LogP contribution in [0.25, 0.3) is 15.9 Å². The molecule has 2 aromatic carbocycles. The lowest BCUT2D eigenvalue weighted by Gasteiger charge is -2.12. The predicted molar refractivity (Wildman–Crippen MR) is 153 cm³/mol. The average Bonchev–Trinajstić information content (AvgIpc) is 3.66. The molecule has 5 aromatic rings. The summed E-state index contributed by atoms with van der Waals surface area (Å²) in [4.78, 5) is 40.1. The SMILES string of the molecule is CCOC(=O)Cn1c(C(=O)NCc2nnc(C)n2-c2sc(CC)cc2C(=O)c2ccccc2F)cc2ccccc21. The number of ketones is 1. The Morgan fingerprint density at radius 1 is 1.00 bits per heavy atom. The maximum atomic E-state index is 14.5. The van der Waals surface area contributed by atoms with Crippen LogP contribution in [0.15, 0.2) is 60.7 Å². The number of nitrogens with zero attached hydrogens (tertiary/aromatic N) is 4. The standard InChI is InChI=1S/C30H28FN5O4S/c1-4-20-15-22(28(38)21-11-7-8-12-23(21)31)30(41-20)36-18(3)33-34-26(36)16-32-29(39)25-14-19-10-6-9-13-24(19)35(25)17-27(37)40-5-2/h6-15H,4-5,16-17H2,1-3H3,(H,32,39). The summed E-state index contributed by atoms with van der Waals surface area (Å²) >= 11 is 1.39. The second-order valence-electron chi connectivity index (χ2n) is 9.26. The lowest BCUT2D eigenvalue weighted by atomic mass is 10.0. The molecule has 210 valence electrons. The van der Waals surface area contributed by atoms with Crippen molar-refractivity contribution in [2.45, 2.75) is 40.3 Å². The van der Waals surface area contributed by atoms with E-state index in [0.717, 1.165) is 15.8 Å². The average molecular weight is 574 g/mol. The molecular formula is C30H28FN5O4S. The monoisotopic (exact) mass is 573 g/mol. The highest BCUT2D eigenvalue weighted by atomic mass is 32.1. The van der Waals surface area contributed by atoms with Crippen molar-refractivity contribution in [2.75, 3.05) is 6.61 Å². The van der Waals surface area contributed by atoms with E-state index >= 15 is 0 Å². The number of aryl methyl sites for hydroxylation is 2. The molecule has 1 amide bonds. The van der Waals surface area contributed by atoms with E-state index < -0.39 is 23.5 Å². The number of rotatable bonds is 10. The summed E-state index contributed by atoms with van der Waals surface area (Å²) in [5.41, 5.74) is 1.33. The summed E-state index contributed by atoms with van der Waals surface area (Å²) in [5, 5.41) is 12.7. The van der Waals surface area contributed by atoms with Crippen LogP contribution in [0.3, 0.4) is 0 Å². The summed E-state index contributed by atoms with van der Waals surface area (Å²) < 4.78 is 23.0. The highest BCUT2D eigenvalue weighted by Gasteiger charge is 2.25. The zero-order chi connectivity index (χ0) is 29.1. The summed E-state index contributed by atoms with van der Waals surface area (Å²) in [6, 6.07) is 16.8. The Balaban J connectivity index is 1.46. The summed E-state index contributed by atoms with van der Waals surface area (Å²) in [5.74, 6) is -0.997. The van der Waals surface area contributed by atoms with Crippen LogP contribution in [0.2, 0.25) is 0 Å². The van der Waals surface area contributed by atoms with E-state index in [9.17, 15) is 18.8 Å². The van der Waals surface area contributed by atoms with Gasteiger partial charge in [-0.25, -0.2) is 4.39 Å². The van der Waals surface area contributed by atoms with E-state index in [4.69, 9.17) is 4.74 Å². The van der Waals surface area contributed by atoms with Crippen molar-refractivity contribution in [1.29, 1.82) is 0 Å². The Hall–Kier alpha value is -4.64. The third kappa shape index (κ3) is 5.53. The number of fused-ring (bicyclic) bond motifs is 1. The minimum Gasteiger partial charge on any atom is -0.465 e. The first-order valence-corrected chi connectivity index (χ1v) is 14.0. The second-order valence-corrected chi connectivity index (χ2v) is 10.4. The van der Waals surface area contributed by atoms with Crippen LogP contribution in [-0.2, 0) is 29.0 Å². The highest BCUT2D eigenvalue weighted by Crippen LogP contribution is 2.31. The smallest absolute Gasteiger partial charge is 0.325 e. The first-order chi connectivity index (χ1) is 19.8. The van der Waals surface area contributed by atoms with Crippen LogP contribution in [0.5, 0.6) is 0 Å². The maximum Gasteiger partial charge on any atom is 0.325 e. The molecular weight excluding hydrogens is 545 g/mol. The van der Waals surface area contributed by atoms with E-state index in [1.807, 2.05) is 31.2 Å². The fourth-order valence-electron chi connectivity index (χ4n) is 4.66. The van der Waals surface area contributed by atoms with Crippen molar-refractivity contribution in [2.24, 2.45) is 0 Å². The van der Waals surface area contributed by atoms with Crippen molar-refractivity contribution in [3.05, 3.63) is 99.8 Å². The fraction of sp³-hybridized carbons (Fsp3) is 0.233. The number of hydrogen-bond acceptors (Lipinski definition) is 7. The van der Waals surface area contributed by atoms with Gasteiger partial charge in [0, 0.05) is 15.8 Å². The van der Waals surface area contributed by atoms with E-state index in [-0.39, 0.29) is 25.3 Å². The van der Waals surface area contributed by atoms with Crippen LogP contribution in [0.1, 0.15) is 56.8 Å². The molecule has 0 saturated heterocycles. The molecule has 0 aliphatic carbocycles. The molecule has 5 rings (SSSR count). The van der Waals surface area contributed by atoms with Crippen LogP contribution in [0, 0.1) is 12.7 Å². The molecule has 9 nitrogen and oxygen atoms in total. The summed E-state index contributed by atoms with van der Waals surface area (Å²) in [6.07, 6.45) is 0.681. The van der Waals surface area contributed by atoms with E-state index in [2.05, 4.69) is 15.5 Å². The number of benzene rings is 2. The van der Waals surface area contributed by atoms with Crippen LogP contribution in [0.4, 0.5) is 4.39 Å². The Morgan fingerprint density at radius 2 is 1.76 bits per heavy atom. The van der Waals surface area contributed by atoms with Gasteiger partial charge in [0.25, 0.3) is 5.91 Å². The van der Waals surface area contributed by atoms with Crippen molar-refractivity contribution >= 4 is 39.9 Å². The Morgan fingerprint density at radius 3 is 2.51 bits per heavy atom. The molecule has 3 aromatic heterocycles. The first kappa shape index (κ1) is 27.9. The molecule has 3 heterocycles. The van der Waals surface area contributed by atoms with Gasteiger partial charge in [0.15, 0.2) is 11.6 Å². The summed E-state index contributed by atoms with van der Waals surface area (Å²) in [6.45, 7) is 5.56. The zero-order valence-corrected chi connectivity index (χ0v) is 23.6. The number of halogens is 1. The minimum absolute atomic E-state index is 0.00665. The van der Waals surface area contributed by atoms with Gasteiger partial charge in [-0.05, 0) is 50.6 Å². The van der Waals surface area contributed by atoms with Gasteiger partial charge in [-0.2, -0.15) is 0 Å². The number of aromatic nitrogens is 4. The normalized spacial score (nSPS) is 11.1. The maximum absolute atomic E-state index is 14.5. The summed E-state index contributed by atoms with van der Waals surface area (Å²) in [7, 11) is 0.